The van der Waals surface area contributed by atoms with Crippen molar-refractivity contribution in [1.82, 2.24) is 10.2 Å². The summed E-state index contributed by atoms with van der Waals surface area (Å²) in [6, 6.07) is 0.700. The summed E-state index contributed by atoms with van der Waals surface area (Å²) in [6.45, 7) is 12.9. The van der Waals surface area contributed by atoms with Crippen molar-refractivity contribution < 1.29 is 0 Å². The topological polar surface area (TPSA) is 15.3 Å². The van der Waals surface area contributed by atoms with Crippen LogP contribution in [0.3, 0.4) is 0 Å². The third-order valence-corrected chi connectivity index (χ3v) is 3.18. The number of hydrogen-bond acceptors (Lipinski definition) is 2. The van der Waals surface area contributed by atoms with Crippen molar-refractivity contribution in [2.75, 3.05) is 26.7 Å². The molecule has 1 aliphatic heterocycles. The van der Waals surface area contributed by atoms with Crippen LogP contribution in [0.1, 0.15) is 40.5 Å². The normalized spacial score (nSPS) is 28.4. The SMILES string of the molecule is CC1CCCNC1CN(C)CC(C)(C)C. The highest BCUT2D eigenvalue weighted by Crippen LogP contribution is 2.18. The molecule has 1 aliphatic rings. The largest absolute Gasteiger partial charge is 0.312 e. The summed E-state index contributed by atoms with van der Waals surface area (Å²) in [5.74, 6) is 0.834. The summed E-state index contributed by atoms with van der Waals surface area (Å²) in [7, 11) is 2.24. The Bertz CT molecular complexity index is 183. The molecule has 0 radical (unpaired) electrons. The van der Waals surface area contributed by atoms with Gasteiger partial charge in [-0.1, -0.05) is 27.7 Å². The number of likely N-dealkylation sites (N-methyl/N-ethyl adjacent to an activating group) is 1. The number of hydrogen-bond donors (Lipinski definition) is 1. The van der Waals surface area contributed by atoms with Gasteiger partial charge in [-0.3, -0.25) is 0 Å². The second-order valence-corrected chi connectivity index (χ2v) is 6.44. The Morgan fingerprint density at radius 1 is 1.33 bits per heavy atom. The standard InChI is InChI=1S/C13H28N2/c1-11-7-6-8-14-12(11)9-15(5)10-13(2,3)4/h11-12,14H,6-10H2,1-5H3. The van der Waals surface area contributed by atoms with Crippen molar-refractivity contribution in [2.45, 2.75) is 46.6 Å². The molecule has 1 N–H and O–H groups in total. The van der Waals surface area contributed by atoms with Gasteiger partial charge in [0.05, 0.1) is 0 Å². The molecule has 0 aromatic heterocycles. The van der Waals surface area contributed by atoms with Gasteiger partial charge >= 0.3 is 0 Å². The summed E-state index contributed by atoms with van der Waals surface area (Å²) >= 11 is 0. The first kappa shape index (κ1) is 13.0. The van der Waals surface area contributed by atoms with E-state index in [1.165, 1.54) is 32.5 Å². The van der Waals surface area contributed by atoms with Crippen molar-refractivity contribution in [3.8, 4) is 0 Å². The molecule has 1 heterocycles. The number of rotatable bonds is 3. The van der Waals surface area contributed by atoms with Crippen LogP contribution in [0, 0.1) is 11.3 Å². The number of nitrogens with zero attached hydrogens (tertiary/aromatic N) is 1. The minimum atomic E-state index is 0.409. The molecule has 90 valence electrons. The van der Waals surface area contributed by atoms with E-state index in [-0.39, 0.29) is 0 Å². The number of piperidine rings is 1. The van der Waals surface area contributed by atoms with Gasteiger partial charge in [0.25, 0.3) is 0 Å². The lowest BCUT2D eigenvalue weighted by Crippen LogP contribution is -2.48. The summed E-state index contributed by atoms with van der Waals surface area (Å²) in [5.41, 5.74) is 0.409. The molecule has 2 heteroatoms. The average Bonchev–Trinajstić information content (AvgIpc) is 2.05. The van der Waals surface area contributed by atoms with Gasteiger partial charge in [0.15, 0.2) is 0 Å². The van der Waals surface area contributed by atoms with Crippen LogP contribution in [0.5, 0.6) is 0 Å². The fourth-order valence-electron chi connectivity index (χ4n) is 2.57. The second-order valence-electron chi connectivity index (χ2n) is 6.44. The molecule has 2 atom stereocenters. The fourth-order valence-corrected chi connectivity index (χ4v) is 2.57. The molecule has 0 saturated carbocycles. The van der Waals surface area contributed by atoms with E-state index >= 15 is 0 Å². The zero-order valence-corrected chi connectivity index (χ0v) is 11.1. The molecule has 0 spiro atoms. The first-order valence-corrected chi connectivity index (χ1v) is 6.30. The molecule has 1 rings (SSSR count). The zero-order chi connectivity index (χ0) is 11.5. The quantitative estimate of drug-likeness (QED) is 0.772. The first-order chi connectivity index (χ1) is 6.88. The van der Waals surface area contributed by atoms with Gasteiger partial charge in [-0.05, 0) is 37.8 Å². The van der Waals surface area contributed by atoms with Crippen molar-refractivity contribution in [2.24, 2.45) is 11.3 Å². The van der Waals surface area contributed by atoms with E-state index in [1.54, 1.807) is 0 Å². The Hall–Kier alpha value is -0.0800. The summed E-state index contributed by atoms with van der Waals surface area (Å²) in [5, 5.41) is 3.64. The Morgan fingerprint density at radius 2 is 2.00 bits per heavy atom. The van der Waals surface area contributed by atoms with E-state index in [0.717, 1.165) is 5.92 Å². The second kappa shape index (κ2) is 5.31. The molecule has 2 unspecified atom stereocenters. The Kier molecular flexibility index (Phi) is 4.60. The van der Waals surface area contributed by atoms with Gasteiger partial charge in [0.1, 0.15) is 0 Å². The fraction of sp³-hybridized carbons (Fsp3) is 1.00. The maximum atomic E-state index is 3.64. The van der Waals surface area contributed by atoms with E-state index in [0.29, 0.717) is 11.5 Å². The smallest absolute Gasteiger partial charge is 0.0220 e. The van der Waals surface area contributed by atoms with E-state index in [2.05, 4.69) is 45.0 Å². The molecule has 0 aliphatic carbocycles. The minimum absolute atomic E-state index is 0.409. The maximum Gasteiger partial charge on any atom is 0.0220 e. The monoisotopic (exact) mass is 212 g/mol. The van der Waals surface area contributed by atoms with Gasteiger partial charge < -0.3 is 10.2 Å². The molecule has 1 fully saturated rings. The first-order valence-electron chi connectivity index (χ1n) is 6.30. The molecule has 0 amide bonds. The average molecular weight is 212 g/mol. The third kappa shape index (κ3) is 4.98. The molecule has 15 heavy (non-hydrogen) atoms. The predicted octanol–water partition coefficient (Wildman–Crippen LogP) is 2.35. The molecule has 0 bridgehead atoms. The lowest BCUT2D eigenvalue weighted by molar-refractivity contribution is 0.174. The molecular weight excluding hydrogens is 184 g/mol. The minimum Gasteiger partial charge on any atom is -0.312 e. The maximum absolute atomic E-state index is 3.64. The van der Waals surface area contributed by atoms with Crippen molar-refractivity contribution in [3.05, 3.63) is 0 Å². The van der Waals surface area contributed by atoms with Crippen LogP contribution in [-0.4, -0.2) is 37.6 Å². The summed E-state index contributed by atoms with van der Waals surface area (Å²) < 4.78 is 0. The highest BCUT2D eigenvalue weighted by Gasteiger charge is 2.23. The molecular formula is C13H28N2. The van der Waals surface area contributed by atoms with Crippen LogP contribution in [0.25, 0.3) is 0 Å². The lowest BCUT2D eigenvalue weighted by atomic mass is 9.91. The van der Waals surface area contributed by atoms with Crippen molar-refractivity contribution in [1.29, 1.82) is 0 Å². The van der Waals surface area contributed by atoms with Crippen LogP contribution in [0.4, 0.5) is 0 Å². The predicted molar refractivity (Wildman–Crippen MR) is 67.1 cm³/mol. The zero-order valence-electron chi connectivity index (χ0n) is 11.1. The molecule has 0 aromatic rings. The third-order valence-electron chi connectivity index (χ3n) is 3.18. The molecule has 2 nitrogen and oxygen atoms in total. The van der Waals surface area contributed by atoms with E-state index < -0.39 is 0 Å². The van der Waals surface area contributed by atoms with Crippen LogP contribution < -0.4 is 5.32 Å². The van der Waals surface area contributed by atoms with Crippen LogP contribution >= 0.6 is 0 Å². The summed E-state index contributed by atoms with van der Waals surface area (Å²) in [4.78, 5) is 2.47. The molecule has 0 aromatic carbocycles. The highest BCUT2D eigenvalue weighted by molar-refractivity contribution is 4.81. The van der Waals surface area contributed by atoms with Gasteiger partial charge in [-0.25, -0.2) is 0 Å². The lowest BCUT2D eigenvalue weighted by Gasteiger charge is -2.35. The van der Waals surface area contributed by atoms with Crippen LogP contribution in [0.15, 0.2) is 0 Å². The van der Waals surface area contributed by atoms with E-state index in [9.17, 15) is 0 Å². The van der Waals surface area contributed by atoms with Crippen LogP contribution in [0.2, 0.25) is 0 Å². The van der Waals surface area contributed by atoms with E-state index in [1.807, 2.05) is 0 Å². The van der Waals surface area contributed by atoms with Crippen molar-refractivity contribution >= 4 is 0 Å². The van der Waals surface area contributed by atoms with E-state index in [4.69, 9.17) is 0 Å². The molecule has 1 saturated heterocycles. The van der Waals surface area contributed by atoms with Gasteiger partial charge in [0, 0.05) is 19.1 Å². The highest BCUT2D eigenvalue weighted by atomic mass is 15.1. The van der Waals surface area contributed by atoms with Gasteiger partial charge in [-0.15, -0.1) is 0 Å². The van der Waals surface area contributed by atoms with Gasteiger partial charge in [0.2, 0.25) is 0 Å². The Balaban J connectivity index is 2.33. The number of nitrogens with one attached hydrogen (secondary N) is 1. The van der Waals surface area contributed by atoms with Gasteiger partial charge in [-0.2, -0.15) is 0 Å². The Morgan fingerprint density at radius 3 is 2.53 bits per heavy atom. The van der Waals surface area contributed by atoms with Crippen LogP contribution in [-0.2, 0) is 0 Å². The Labute approximate surface area is 95.4 Å². The summed E-state index contributed by atoms with van der Waals surface area (Å²) in [6.07, 6.45) is 2.74. The van der Waals surface area contributed by atoms with Crippen molar-refractivity contribution in [3.63, 3.8) is 0 Å².